The second kappa shape index (κ2) is 6.58. The SMILES string of the molecule is OC1CCCCCCC1N1CCC[C@H]2CCCC[C@H]21. The van der Waals surface area contributed by atoms with E-state index in [9.17, 15) is 5.11 Å². The van der Waals surface area contributed by atoms with E-state index in [1.165, 1.54) is 77.2 Å². The van der Waals surface area contributed by atoms with Crippen molar-refractivity contribution in [3.63, 3.8) is 0 Å². The zero-order valence-electron chi connectivity index (χ0n) is 12.4. The minimum Gasteiger partial charge on any atom is -0.391 e. The predicted molar refractivity (Wildman–Crippen MR) is 79.2 cm³/mol. The van der Waals surface area contributed by atoms with Crippen LogP contribution in [0.25, 0.3) is 0 Å². The molecule has 2 aliphatic carbocycles. The molecule has 2 nitrogen and oxygen atoms in total. The summed E-state index contributed by atoms with van der Waals surface area (Å²) in [5.41, 5.74) is 0. The molecule has 4 atom stereocenters. The maximum absolute atomic E-state index is 10.6. The molecule has 0 aromatic carbocycles. The van der Waals surface area contributed by atoms with E-state index in [1.54, 1.807) is 0 Å². The zero-order chi connectivity index (χ0) is 13.1. The third-order valence-corrected chi connectivity index (χ3v) is 5.91. The molecular weight excluding hydrogens is 234 g/mol. The van der Waals surface area contributed by atoms with Gasteiger partial charge in [0.25, 0.3) is 0 Å². The van der Waals surface area contributed by atoms with Crippen molar-refractivity contribution in [3.8, 4) is 0 Å². The van der Waals surface area contributed by atoms with E-state index < -0.39 is 0 Å². The summed E-state index contributed by atoms with van der Waals surface area (Å²) in [6.07, 6.45) is 16.0. The fourth-order valence-electron chi connectivity index (χ4n) is 4.91. The maximum Gasteiger partial charge on any atom is 0.0695 e. The standard InChI is InChI=1S/C17H31NO/c19-17-12-4-2-1-3-11-16(17)18-13-7-9-14-8-5-6-10-15(14)18/h14-17,19H,1-13H2/t14-,15-,16?,17?/m1/s1. The second-order valence-corrected chi connectivity index (χ2v) is 7.12. The second-order valence-electron chi connectivity index (χ2n) is 7.12. The maximum atomic E-state index is 10.6. The topological polar surface area (TPSA) is 23.5 Å². The van der Waals surface area contributed by atoms with Crippen molar-refractivity contribution >= 4 is 0 Å². The average molecular weight is 265 g/mol. The lowest BCUT2D eigenvalue weighted by Crippen LogP contribution is -2.55. The Labute approximate surface area is 118 Å². The lowest BCUT2D eigenvalue weighted by Gasteiger charge is -2.49. The molecular formula is C17H31NO. The number of piperidine rings is 1. The number of likely N-dealkylation sites (tertiary alicyclic amines) is 1. The van der Waals surface area contributed by atoms with Crippen molar-refractivity contribution in [1.82, 2.24) is 4.90 Å². The Kier molecular flexibility index (Phi) is 4.81. The van der Waals surface area contributed by atoms with Crippen LogP contribution in [0.3, 0.4) is 0 Å². The molecule has 0 spiro atoms. The molecule has 19 heavy (non-hydrogen) atoms. The zero-order valence-corrected chi connectivity index (χ0v) is 12.4. The highest BCUT2D eigenvalue weighted by Gasteiger charge is 2.38. The molecule has 2 heteroatoms. The monoisotopic (exact) mass is 265 g/mol. The van der Waals surface area contributed by atoms with Crippen LogP contribution in [0.15, 0.2) is 0 Å². The molecule has 2 unspecified atom stereocenters. The first-order valence-electron chi connectivity index (χ1n) is 8.80. The van der Waals surface area contributed by atoms with Crippen LogP contribution < -0.4 is 0 Å². The van der Waals surface area contributed by atoms with Crippen molar-refractivity contribution in [3.05, 3.63) is 0 Å². The Hall–Kier alpha value is -0.0800. The summed E-state index contributed by atoms with van der Waals surface area (Å²) in [5, 5.41) is 10.6. The van der Waals surface area contributed by atoms with E-state index in [4.69, 9.17) is 0 Å². The number of aliphatic hydroxyl groups is 1. The third kappa shape index (κ3) is 3.16. The van der Waals surface area contributed by atoms with Gasteiger partial charge in [-0.25, -0.2) is 0 Å². The quantitative estimate of drug-likeness (QED) is 0.781. The van der Waals surface area contributed by atoms with E-state index in [-0.39, 0.29) is 6.10 Å². The molecule has 1 heterocycles. The predicted octanol–water partition coefficient (Wildman–Crippen LogP) is 3.72. The highest BCUT2D eigenvalue weighted by Crippen LogP contribution is 2.38. The smallest absolute Gasteiger partial charge is 0.0695 e. The van der Waals surface area contributed by atoms with Gasteiger partial charge in [-0.15, -0.1) is 0 Å². The summed E-state index contributed by atoms with van der Waals surface area (Å²) in [7, 11) is 0. The van der Waals surface area contributed by atoms with Crippen LogP contribution in [0, 0.1) is 5.92 Å². The molecule has 1 aliphatic heterocycles. The van der Waals surface area contributed by atoms with Gasteiger partial charge in [0.15, 0.2) is 0 Å². The number of nitrogens with zero attached hydrogens (tertiary/aromatic N) is 1. The summed E-state index contributed by atoms with van der Waals surface area (Å²) in [5.74, 6) is 0.945. The van der Waals surface area contributed by atoms with Gasteiger partial charge in [0.2, 0.25) is 0 Å². The van der Waals surface area contributed by atoms with Gasteiger partial charge >= 0.3 is 0 Å². The van der Waals surface area contributed by atoms with Crippen LogP contribution in [0.1, 0.15) is 77.0 Å². The van der Waals surface area contributed by atoms with Crippen LogP contribution in [0.5, 0.6) is 0 Å². The van der Waals surface area contributed by atoms with Crippen molar-refractivity contribution in [2.45, 2.75) is 95.2 Å². The summed E-state index contributed by atoms with van der Waals surface area (Å²) in [6.45, 7) is 1.25. The van der Waals surface area contributed by atoms with E-state index in [0.717, 1.165) is 18.4 Å². The Morgan fingerprint density at radius 1 is 0.632 bits per heavy atom. The van der Waals surface area contributed by atoms with Gasteiger partial charge in [-0.3, -0.25) is 4.90 Å². The van der Waals surface area contributed by atoms with Crippen molar-refractivity contribution < 1.29 is 5.11 Å². The van der Waals surface area contributed by atoms with Crippen LogP contribution in [0.4, 0.5) is 0 Å². The third-order valence-electron chi connectivity index (χ3n) is 5.91. The lowest BCUT2D eigenvalue weighted by atomic mass is 9.76. The Bertz CT molecular complexity index is 278. The molecule has 3 fully saturated rings. The van der Waals surface area contributed by atoms with Crippen molar-refractivity contribution in [1.29, 1.82) is 0 Å². The fourth-order valence-corrected chi connectivity index (χ4v) is 4.91. The molecule has 2 saturated carbocycles. The van der Waals surface area contributed by atoms with E-state index in [0.29, 0.717) is 6.04 Å². The van der Waals surface area contributed by atoms with Crippen LogP contribution in [-0.2, 0) is 0 Å². The summed E-state index contributed by atoms with van der Waals surface area (Å²) >= 11 is 0. The largest absolute Gasteiger partial charge is 0.391 e. The van der Waals surface area contributed by atoms with Crippen molar-refractivity contribution in [2.24, 2.45) is 5.92 Å². The lowest BCUT2D eigenvalue weighted by molar-refractivity contribution is -0.0363. The molecule has 0 bridgehead atoms. The molecule has 3 aliphatic rings. The molecule has 0 aromatic rings. The van der Waals surface area contributed by atoms with Gasteiger partial charge in [0.05, 0.1) is 6.10 Å². The van der Waals surface area contributed by atoms with E-state index >= 15 is 0 Å². The highest BCUT2D eigenvalue weighted by atomic mass is 16.3. The Morgan fingerprint density at radius 3 is 2.16 bits per heavy atom. The first kappa shape index (κ1) is 13.9. The highest BCUT2D eigenvalue weighted by molar-refractivity contribution is 4.93. The number of hydrogen-bond acceptors (Lipinski definition) is 2. The summed E-state index contributed by atoms with van der Waals surface area (Å²) < 4.78 is 0. The van der Waals surface area contributed by atoms with E-state index in [2.05, 4.69) is 4.90 Å². The summed E-state index contributed by atoms with van der Waals surface area (Å²) in [4.78, 5) is 2.75. The van der Waals surface area contributed by atoms with Gasteiger partial charge in [0, 0.05) is 12.1 Å². The molecule has 110 valence electrons. The number of rotatable bonds is 1. The fraction of sp³-hybridized carbons (Fsp3) is 1.00. The molecule has 0 amide bonds. The number of fused-ring (bicyclic) bond motifs is 1. The average Bonchev–Trinajstić information content (AvgIpc) is 2.43. The number of hydrogen-bond donors (Lipinski definition) is 1. The summed E-state index contributed by atoms with van der Waals surface area (Å²) in [6, 6.07) is 1.28. The van der Waals surface area contributed by atoms with E-state index in [1.807, 2.05) is 0 Å². The van der Waals surface area contributed by atoms with Gasteiger partial charge in [-0.2, -0.15) is 0 Å². The van der Waals surface area contributed by atoms with Gasteiger partial charge in [-0.05, 0) is 51.0 Å². The minimum atomic E-state index is -0.0547. The molecule has 3 rings (SSSR count). The molecule has 0 radical (unpaired) electrons. The first-order valence-corrected chi connectivity index (χ1v) is 8.80. The van der Waals surface area contributed by atoms with Crippen LogP contribution in [0.2, 0.25) is 0 Å². The van der Waals surface area contributed by atoms with Crippen molar-refractivity contribution in [2.75, 3.05) is 6.54 Å². The Morgan fingerprint density at radius 2 is 1.26 bits per heavy atom. The van der Waals surface area contributed by atoms with Crippen LogP contribution in [-0.4, -0.2) is 34.7 Å². The van der Waals surface area contributed by atoms with Gasteiger partial charge in [-0.1, -0.05) is 38.5 Å². The van der Waals surface area contributed by atoms with Gasteiger partial charge in [0.1, 0.15) is 0 Å². The number of aliphatic hydroxyl groups excluding tert-OH is 1. The molecule has 0 aromatic heterocycles. The minimum absolute atomic E-state index is 0.0547. The first-order chi connectivity index (χ1) is 9.36. The van der Waals surface area contributed by atoms with Crippen LogP contribution >= 0.6 is 0 Å². The Balaban J connectivity index is 1.70. The molecule has 1 N–H and O–H groups in total. The normalized spacial score (nSPS) is 42.2. The molecule has 1 saturated heterocycles. The van der Waals surface area contributed by atoms with Gasteiger partial charge < -0.3 is 5.11 Å².